The van der Waals surface area contributed by atoms with Crippen LogP contribution in [0.4, 0.5) is 4.39 Å². The van der Waals surface area contributed by atoms with E-state index < -0.39 is 0 Å². The summed E-state index contributed by atoms with van der Waals surface area (Å²) in [6.45, 7) is 2.00. The molecule has 1 N–H and O–H groups in total. The van der Waals surface area contributed by atoms with Gasteiger partial charge in [0.2, 0.25) is 0 Å². The van der Waals surface area contributed by atoms with Crippen LogP contribution in [0.25, 0.3) is 0 Å². The van der Waals surface area contributed by atoms with Crippen LogP contribution in [0.3, 0.4) is 0 Å². The average molecular weight is 323 g/mol. The molecule has 0 bridgehead atoms. The van der Waals surface area contributed by atoms with Gasteiger partial charge in [-0.2, -0.15) is 0 Å². The lowest BCUT2D eigenvalue weighted by Gasteiger charge is -2.17. The van der Waals surface area contributed by atoms with E-state index in [-0.39, 0.29) is 11.9 Å². The van der Waals surface area contributed by atoms with Crippen molar-refractivity contribution >= 4 is 15.9 Å². The molecule has 0 saturated heterocycles. The molecule has 0 amide bonds. The van der Waals surface area contributed by atoms with Crippen LogP contribution in [0.2, 0.25) is 0 Å². The van der Waals surface area contributed by atoms with Gasteiger partial charge in [0.1, 0.15) is 5.82 Å². The van der Waals surface area contributed by atoms with Gasteiger partial charge in [0.05, 0.1) is 0 Å². The summed E-state index contributed by atoms with van der Waals surface area (Å²) in [6, 6.07) is 7.30. The van der Waals surface area contributed by atoms with E-state index in [1.165, 1.54) is 6.07 Å². The quantitative estimate of drug-likeness (QED) is 0.926. The van der Waals surface area contributed by atoms with Crippen LogP contribution in [-0.2, 0) is 6.42 Å². The monoisotopic (exact) mass is 322 g/mol. The van der Waals surface area contributed by atoms with Crippen LogP contribution in [0.15, 0.2) is 41.1 Å². The van der Waals surface area contributed by atoms with Gasteiger partial charge in [-0.15, -0.1) is 0 Å². The largest absolute Gasteiger partial charge is 0.313 e. The van der Waals surface area contributed by atoms with E-state index in [1.54, 1.807) is 0 Å². The first-order valence-corrected chi connectivity index (χ1v) is 6.92. The fourth-order valence-corrected chi connectivity index (χ4v) is 2.40. The van der Waals surface area contributed by atoms with E-state index in [0.717, 1.165) is 15.6 Å². The van der Waals surface area contributed by atoms with Gasteiger partial charge >= 0.3 is 0 Å². The number of nitrogens with one attached hydrogen (secondary N) is 1. The van der Waals surface area contributed by atoms with Gasteiger partial charge in [0.15, 0.2) is 0 Å². The molecule has 0 aliphatic rings. The minimum Gasteiger partial charge on any atom is -0.313 e. The standard InChI is InChI=1S/C15H16BrFN2/c1-10-5-12(9-19-8-10)15(18-2)6-11-3-4-13(16)7-14(11)17/h3-5,7-9,15,18H,6H2,1-2H3. The van der Waals surface area contributed by atoms with Crippen LogP contribution in [-0.4, -0.2) is 12.0 Å². The van der Waals surface area contributed by atoms with Gasteiger partial charge < -0.3 is 5.32 Å². The number of benzene rings is 1. The Morgan fingerprint density at radius 3 is 2.74 bits per heavy atom. The average Bonchev–Trinajstić information content (AvgIpc) is 2.38. The predicted octanol–water partition coefficient (Wildman–Crippen LogP) is 3.79. The Morgan fingerprint density at radius 2 is 2.11 bits per heavy atom. The van der Waals surface area contributed by atoms with Crippen molar-refractivity contribution in [1.29, 1.82) is 0 Å². The molecule has 1 aromatic carbocycles. The zero-order valence-electron chi connectivity index (χ0n) is 11.0. The first-order valence-electron chi connectivity index (χ1n) is 6.13. The summed E-state index contributed by atoms with van der Waals surface area (Å²) in [4.78, 5) is 4.19. The second kappa shape index (κ2) is 6.26. The number of hydrogen-bond acceptors (Lipinski definition) is 2. The van der Waals surface area contributed by atoms with E-state index in [2.05, 4.69) is 32.3 Å². The highest BCUT2D eigenvalue weighted by atomic mass is 79.9. The summed E-state index contributed by atoms with van der Waals surface area (Å²) in [5.74, 6) is -0.185. The topological polar surface area (TPSA) is 24.9 Å². The van der Waals surface area contributed by atoms with Crippen LogP contribution in [0.1, 0.15) is 22.7 Å². The van der Waals surface area contributed by atoms with Crippen molar-refractivity contribution < 1.29 is 4.39 Å². The van der Waals surface area contributed by atoms with Crippen molar-refractivity contribution in [1.82, 2.24) is 10.3 Å². The molecule has 0 aliphatic heterocycles. The zero-order chi connectivity index (χ0) is 13.8. The normalized spacial score (nSPS) is 12.4. The van der Waals surface area contributed by atoms with Gasteiger partial charge in [-0.1, -0.05) is 28.1 Å². The van der Waals surface area contributed by atoms with Crippen molar-refractivity contribution in [2.75, 3.05) is 7.05 Å². The molecule has 0 radical (unpaired) electrons. The fraction of sp³-hybridized carbons (Fsp3) is 0.267. The molecule has 0 spiro atoms. The number of halogens is 2. The molecule has 0 saturated carbocycles. The molecular formula is C15H16BrFN2. The second-order valence-electron chi connectivity index (χ2n) is 4.58. The van der Waals surface area contributed by atoms with Crippen molar-refractivity contribution in [3.63, 3.8) is 0 Å². The van der Waals surface area contributed by atoms with Gasteiger partial charge in [-0.05, 0) is 49.2 Å². The van der Waals surface area contributed by atoms with E-state index in [4.69, 9.17) is 0 Å². The summed E-state index contributed by atoms with van der Waals surface area (Å²) < 4.78 is 14.6. The molecule has 2 aromatic rings. The maximum atomic E-state index is 13.9. The highest BCUT2D eigenvalue weighted by molar-refractivity contribution is 9.10. The molecule has 1 aromatic heterocycles. The van der Waals surface area contributed by atoms with E-state index >= 15 is 0 Å². The molecule has 4 heteroatoms. The number of aromatic nitrogens is 1. The van der Waals surface area contributed by atoms with Crippen LogP contribution >= 0.6 is 15.9 Å². The molecular weight excluding hydrogens is 307 g/mol. The van der Waals surface area contributed by atoms with Crippen molar-refractivity contribution in [2.24, 2.45) is 0 Å². The van der Waals surface area contributed by atoms with Gasteiger partial charge in [0.25, 0.3) is 0 Å². The number of likely N-dealkylation sites (N-methyl/N-ethyl adjacent to an activating group) is 1. The summed E-state index contributed by atoms with van der Waals surface area (Å²) in [7, 11) is 1.88. The lowest BCUT2D eigenvalue weighted by Crippen LogP contribution is -2.19. The number of hydrogen-bond donors (Lipinski definition) is 1. The van der Waals surface area contributed by atoms with Crippen molar-refractivity contribution in [2.45, 2.75) is 19.4 Å². The Kier molecular flexibility index (Phi) is 4.66. The third-order valence-electron chi connectivity index (χ3n) is 3.09. The number of rotatable bonds is 4. The fourth-order valence-electron chi connectivity index (χ4n) is 2.06. The van der Waals surface area contributed by atoms with Crippen LogP contribution in [0, 0.1) is 12.7 Å². The summed E-state index contributed by atoms with van der Waals surface area (Å²) in [5, 5.41) is 3.22. The molecule has 1 heterocycles. The number of aryl methyl sites for hydroxylation is 1. The van der Waals surface area contributed by atoms with Crippen molar-refractivity contribution in [3.05, 3.63) is 63.6 Å². The van der Waals surface area contributed by atoms with Gasteiger partial charge in [-0.25, -0.2) is 4.39 Å². The maximum absolute atomic E-state index is 13.9. The van der Waals surface area contributed by atoms with E-state index in [1.807, 2.05) is 38.5 Å². The van der Waals surface area contributed by atoms with Crippen LogP contribution in [0.5, 0.6) is 0 Å². The smallest absolute Gasteiger partial charge is 0.127 e. The Labute approximate surface area is 121 Å². The molecule has 0 aliphatic carbocycles. The predicted molar refractivity (Wildman–Crippen MR) is 78.6 cm³/mol. The Balaban J connectivity index is 2.24. The zero-order valence-corrected chi connectivity index (χ0v) is 12.5. The minimum atomic E-state index is -0.185. The summed E-state index contributed by atoms with van der Waals surface area (Å²) >= 11 is 3.27. The molecule has 100 valence electrons. The Hall–Kier alpha value is -1.26. The minimum absolute atomic E-state index is 0.0584. The lowest BCUT2D eigenvalue weighted by molar-refractivity contribution is 0.552. The van der Waals surface area contributed by atoms with E-state index in [0.29, 0.717) is 12.0 Å². The number of nitrogens with zero attached hydrogens (tertiary/aromatic N) is 1. The summed E-state index contributed by atoms with van der Waals surface area (Å²) in [6.07, 6.45) is 4.24. The molecule has 2 rings (SSSR count). The van der Waals surface area contributed by atoms with Gasteiger partial charge in [0, 0.05) is 22.9 Å². The number of pyridine rings is 1. The van der Waals surface area contributed by atoms with E-state index in [9.17, 15) is 4.39 Å². The van der Waals surface area contributed by atoms with Crippen molar-refractivity contribution in [3.8, 4) is 0 Å². The first-order chi connectivity index (χ1) is 9.10. The third-order valence-corrected chi connectivity index (χ3v) is 3.58. The van der Waals surface area contributed by atoms with Crippen LogP contribution < -0.4 is 5.32 Å². The Morgan fingerprint density at radius 1 is 1.32 bits per heavy atom. The lowest BCUT2D eigenvalue weighted by atomic mass is 9.99. The second-order valence-corrected chi connectivity index (χ2v) is 5.49. The SMILES string of the molecule is CNC(Cc1ccc(Br)cc1F)c1cncc(C)c1. The maximum Gasteiger partial charge on any atom is 0.127 e. The Bertz CT molecular complexity index is 572. The summed E-state index contributed by atoms with van der Waals surface area (Å²) in [5.41, 5.74) is 2.88. The third kappa shape index (κ3) is 3.61. The van der Waals surface area contributed by atoms with Gasteiger partial charge in [-0.3, -0.25) is 4.98 Å². The molecule has 1 unspecified atom stereocenters. The molecule has 0 fully saturated rings. The molecule has 19 heavy (non-hydrogen) atoms. The highest BCUT2D eigenvalue weighted by Gasteiger charge is 2.13. The molecule has 2 nitrogen and oxygen atoms in total. The first kappa shape index (κ1) is 14.2. The molecule has 1 atom stereocenters. The highest BCUT2D eigenvalue weighted by Crippen LogP contribution is 2.22.